The number of carbonyl (C=O) groups is 2. The van der Waals surface area contributed by atoms with Crippen molar-refractivity contribution in [2.75, 3.05) is 38.0 Å². The zero-order valence-corrected chi connectivity index (χ0v) is 17.6. The number of nitrogens with one attached hydrogen (secondary N) is 2. The minimum absolute atomic E-state index is 0.0812. The Morgan fingerprint density at radius 3 is 2.20 bits per heavy atom. The molecule has 4 rings (SSSR count). The molecule has 0 aromatic heterocycles. The highest BCUT2D eigenvalue weighted by molar-refractivity contribution is 6.30. The molecule has 1 aliphatic carbocycles. The van der Waals surface area contributed by atoms with Crippen molar-refractivity contribution in [1.82, 2.24) is 15.1 Å². The molecule has 1 saturated heterocycles. The number of halogens is 1. The van der Waals surface area contributed by atoms with Gasteiger partial charge in [0, 0.05) is 42.9 Å². The van der Waals surface area contributed by atoms with E-state index in [2.05, 4.69) is 10.6 Å². The van der Waals surface area contributed by atoms with Gasteiger partial charge in [-0.15, -0.1) is 0 Å². The zero-order chi connectivity index (χ0) is 20.9. The van der Waals surface area contributed by atoms with Crippen LogP contribution in [-0.4, -0.2) is 54.5 Å². The lowest BCUT2D eigenvalue weighted by Gasteiger charge is -2.35. The van der Waals surface area contributed by atoms with Crippen LogP contribution in [0.4, 0.5) is 10.5 Å². The van der Waals surface area contributed by atoms with Gasteiger partial charge < -0.3 is 20.4 Å². The first-order valence-electron chi connectivity index (χ1n) is 10.5. The molecule has 7 heteroatoms. The summed E-state index contributed by atoms with van der Waals surface area (Å²) >= 11 is 6.01. The van der Waals surface area contributed by atoms with E-state index in [1.54, 1.807) is 4.90 Å². The van der Waals surface area contributed by atoms with E-state index in [0.29, 0.717) is 38.6 Å². The molecule has 1 atom stereocenters. The molecule has 3 amide bonds. The minimum atomic E-state index is -0.122. The highest BCUT2D eigenvalue weighted by Gasteiger charge is 2.33. The van der Waals surface area contributed by atoms with Crippen LogP contribution in [0.15, 0.2) is 54.6 Å². The summed E-state index contributed by atoms with van der Waals surface area (Å²) in [5.41, 5.74) is 1.95. The molecular formula is C23H27ClN4O2. The van der Waals surface area contributed by atoms with Crippen LogP contribution in [-0.2, 0) is 4.79 Å². The monoisotopic (exact) mass is 426 g/mol. The van der Waals surface area contributed by atoms with Crippen LogP contribution < -0.4 is 10.6 Å². The molecule has 2 aromatic rings. The van der Waals surface area contributed by atoms with Crippen molar-refractivity contribution in [3.05, 3.63) is 65.2 Å². The maximum Gasteiger partial charge on any atom is 0.321 e. The zero-order valence-electron chi connectivity index (χ0n) is 16.9. The van der Waals surface area contributed by atoms with Crippen LogP contribution in [0.1, 0.15) is 24.4 Å². The molecule has 30 heavy (non-hydrogen) atoms. The van der Waals surface area contributed by atoms with Gasteiger partial charge in [0.15, 0.2) is 0 Å². The number of piperazine rings is 1. The Balaban J connectivity index is 1.25. The maximum atomic E-state index is 12.7. The molecule has 0 bridgehead atoms. The average molecular weight is 427 g/mol. The number of hydrogen-bond acceptors (Lipinski definition) is 3. The molecule has 2 N–H and O–H groups in total. The Labute approximate surface area is 182 Å². The molecule has 1 heterocycles. The summed E-state index contributed by atoms with van der Waals surface area (Å²) in [5, 5.41) is 7.07. The van der Waals surface area contributed by atoms with E-state index in [4.69, 9.17) is 11.6 Å². The lowest BCUT2D eigenvalue weighted by atomic mass is 10.0. The fourth-order valence-corrected chi connectivity index (χ4v) is 3.97. The molecular weight excluding hydrogens is 400 g/mol. The highest BCUT2D eigenvalue weighted by Crippen LogP contribution is 2.41. The SMILES string of the molecule is O=C(CNC(c1ccc(Cl)cc1)C1CC1)N1CCN(C(=O)Nc2ccccc2)CC1. The smallest absolute Gasteiger partial charge is 0.321 e. The largest absolute Gasteiger partial charge is 0.338 e. The lowest BCUT2D eigenvalue weighted by Crippen LogP contribution is -2.53. The molecule has 0 radical (unpaired) electrons. The number of para-hydroxylation sites is 1. The first kappa shape index (κ1) is 20.7. The topological polar surface area (TPSA) is 64.7 Å². The number of nitrogens with zero attached hydrogens (tertiary/aromatic N) is 2. The van der Waals surface area contributed by atoms with E-state index >= 15 is 0 Å². The van der Waals surface area contributed by atoms with Crippen LogP contribution in [0.25, 0.3) is 0 Å². The van der Waals surface area contributed by atoms with Gasteiger partial charge in [-0.05, 0) is 48.6 Å². The van der Waals surface area contributed by atoms with Gasteiger partial charge in [0.05, 0.1) is 6.54 Å². The number of urea groups is 1. The molecule has 0 spiro atoms. The summed E-state index contributed by atoms with van der Waals surface area (Å²) in [6.45, 7) is 2.48. The minimum Gasteiger partial charge on any atom is -0.338 e. The van der Waals surface area contributed by atoms with Crippen LogP contribution in [0.3, 0.4) is 0 Å². The second kappa shape index (κ2) is 9.49. The maximum absolute atomic E-state index is 12.7. The Morgan fingerprint density at radius 1 is 0.933 bits per heavy atom. The van der Waals surface area contributed by atoms with Crippen LogP contribution >= 0.6 is 11.6 Å². The molecule has 2 aromatic carbocycles. The number of hydrogen-bond donors (Lipinski definition) is 2. The molecule has 1 saturated carbocycles. The van der Waals surface area contributed by atoms with Gasteiger partial charge in [-0.25, -0.2) is 4.79 Å². The fourth-order valence-electron chi connectivity index (χ4n) is 3.85. The van der Waals surface area contributed by atoms with Crippen molar-refractivity contribution in [1.29, 1.82) is 0 Å². The summed E-state index contributed by atoms with van der Waals surface area (Å²) in [4.78, 5) is 28.7. The van der Waals surface area contributed by atoms with Crippen molar-refractivity contribution < 1.29 is 9.59 Å². The molecule has 158 valence electrons. The van der Waals surface area contributed by atoms with Gasteiger partial charge in [0.25, 0.3) is 0 Å². The predicted molar refractivity (Wildman–Crippen MR) is 119 cm³/mol. The summed E-state index contributed by atoms with van der Waals surface area (Å²) in [7, 11) is 0. The molecule has 2 fully saturated rings. The summed E-state index contributed by atoms with van der Waals surface area (Å²) in [5.74, 6) is 0.662. The normalized spacial score (nSPS) is 17.5. The van der Waals surface area contributed by atoms with E-state index < -0.39 is 0 Å². The quantitative estimate of drug-likeness (QED) is 0.739. The van der Waals surface area contributed by atoms with Crippen molar-refractivity contribution in [3.63, 3.8) is 0 Å². The number of carbonyl (C=O) groups excluding carboxylic acids is 2. The van der Waals surface area contributed by atoms with E-state index in [9.17, 15) is 9.59 Å². The first-order chi connectivity index (χ1) is 14.6. The van der Waals surface area contributed by atoms with E-state index in [0.717, 1.165) is 10.7 Å². The summed E-state index contributed by atoms with van der Waals surface area (Å²) in [6.07, 6.45) is 2.37. The number of anilines is 1. The molecule has 1 unspecified atom stereocenters. The van der Waals surface area contributed by atoms with Gasteiger partial charge >= 0.3 is 6.03 Å². The van der Waals surface area contributed by atoms with Gasteiger partial charge in [0.1, 0.15) is 0 Å². The standard InChI is InChI=1S/C23H27ClN4O2/c24-19-10-8-18(9-11-19)22(17-6-7-17)25-16-21(29)27-12-14-28(15-13-27)23(30)26-20-4-2-1-3-5-20/h1-5,8-11,17,22,25H,6-7,12-16H2,(H,26,30). The molecule has 2 aliphatic rings. The van der Waals surface area contributed by atoms with Gasteiger partial charge in [-0.1, -0.05) is 41.9 Å². The fraction of sp³-hybridized carbons (Fsp3) is 0.391. The van der Waals surface area contributed by atoms with Gasteiger partial charge in [-0.3, -0.25) is 4.79 Å². The highest BCUT2D eigenvalue weighted by atomic mass is 35.5. The van der Waals surface area contributed by atoms with Crippen molar-refractivity contribution in [2.24, 2.45) is 5.92 Å². The van der Waals surface area contributed by atoms with E-state index in [-0.39, 0.29) is 18.0 Å². The third kappa shape index (κ3) is 5.32. The average Bonchev–Trinajstić information content (AvgIpc) is 3.61. The number of amides is 3. The van der Waals surface area contributed by atoms with E-state index in [1.807, 2.05) is 59.5 Å². The third-order valence-electron chi connectivity index (χ3n) is 5.74. The molecule has 6 nitrogen and oxygen atoms in total. The van der Waals surface area contributed by atoms with Crippen LogP contribution in [0.5, 0.6) is 0 Å². The second-order valence-electron chi connectivity index (χ2n) is 7.91. The van der Waals surface area contributed by atoms with Crippen molar-refractivity contribution in [3.8, 4) is 0 Å². The van der Waals surface area contributed by atoms with Crippen molar-refractivity contribution >= 4 is 29.2 Å². The molecule has 1 aliphatic heterocycles. The lowest BCUT2D eigenvalue weighted by molar-refractivity contribution is -0.131. The summed E-state index contributed by atoms with van der Waals surface area (Å²) < 4.78 is 0. The number of rotatable bonds is 6. The van der Waals surface area contributed by atoms with Gasteiger partial charge in [0.2, 0.25) is 5.91 Å². The second-order valence-corrected chi connectivity index (χ2v) is 8.35. The van der Waals surface area contributed by atoms with Crippen LogP contribution in [0.2, 0.25) is 5.02 Å². The Morgan fingerprint density at radius 2 is 1.57 bits per heavy atom. The third-order valence-corrected chi connectivity index (χ3v) is 5.99. The summed E-state index contributed by atoms with van der Waals surface area (Å²) in [6, 6.07) is 17.3. The number of benzene rings is 2. The Bertz CT molecular complexity index is 863. The first-order valence-corrected chi connectivity index (χ1v) is 10.9. The van der Waals surface area contributed by atoms with E-state index in [1.165, 1.54) is 18.4 Å². The van der Waals surface area contributed by atoms with Crippen LogP contribution in [0, 0.1) is 5.92 Å². The Kier molecular flexibility index (Phi) is 6.55. The van der Waals surface area contributed by atoms with Gasteiger partial charge in [-0.2, -0.15) is 0 Å². The van der Waals surface area contributed by atoms with Crippen molar-refractivity contribution in [2.45, 2.75) is 18.9 Å². The predicted octanol–water partition coefficient (Wildman–Crippen LogP) is 3.76. The Hall–Kier alpha value is -2.57.